The first kappa shape index (κ1) is 9.59. The van der Waals surface area contributed by atoms with Gasteiger partial charge in [-0.15, -0.1) is 20.6 Å². The highest BCUT2D eigenvalue weighted by Crippen LogP contribution is 2.37. The van der Waals surface area contributed by atoms with E-state index in [1.54, 1.807) is 11.3 Å². The number of hydrogen-bond donors (Lipinski definition) is 0. The highest BCUT2D eigenvalue weighted by atomic mass is 32.1. The van der Waals surface area contributed by atoms with Crippen molar-refractivity contribution in [3.63, 3.8) is 0 Å². The van der Waals surface area contributed by atoms with Crippen molar-refractivity contribution in [2.75, 3.05) is 11.7 Å². The summed E-state index contributed by atoms with van der Waals surface area (Å²) in [4.78, 5) is 5.60. The highest BCUT2D eigenvalue weighted by Gasteiger charge is 2.23. The maximum atomic E-state index is 5.60. The zero-order chi connectivity index (χ0) is 10.3. The van der Waals surface area contributed by atoms with E-state index in [0.29, 0.717) is 5.78 Å². The molecule has 1 aliphatic heterocycles. The average Bonchev–Trinajstić information content (AvgIpc) is 2.82. The lowest BCUT2D eigenvalue weighted by atomic mass is 10.3. The van der Waals surface area contributed by atoms with Gasteiger partial charge in [-0.25, -0.2) is 5.06 Å². The van der Waals surface area contributed by atoms with E-state index in [9.17, 15) is 0 Å². The van der Waals surface area contributed by atoms with Gasteiger partial charge in [0, 0.05) is 4.70 Å². The minimum atomic E-state index is 0.415. The molecule has 2 atom stereocenters. The molecule has 1 aromatic heterocycles. The monoisotopic (exact) mass is 237 g/mol. The number of anilines is 1. The Morgan fingerprint density at radius 1 is 1.40 bits per heavy atom. The van der Waals surface area contributed by atoms with Crippen LogP contribution in [-0.4, -0.2) is 12.4 Å². The molecule has 0 radical (unpaired) electrons. The molecule has 2 unspecified atom stereocenters. The SMILES string of the molecule is PC1CCON1c1cc2ccccc2s1. The van der Waals surface area contributed by atoms with E-state index in [0.717, 1.165) is 13.0 Å². The van der Waals surface area contributed by atoms with Gasteiger partial charge in [0.2, 0.25) is 0 Å². The molecule has 0 N–H and O–H groups in total. The maximum Gasteiger partial charge on any atom is 0.118 e. The second kappa shape index (κ2) is 3.75. The van der Waals surface area contributed by atoms with Gasteiger partial charge >= 0.3 is 0 Å². The van der Waals surface area contributed by atoms with Crippen LogP contribution in [0.1, 0.15) is 6.42 Å². The van der Waals surface area contributed by atoms with Crippen LogP contribution in [0.4, 0.5) is 5.00 Å². The van der Waals surface area contributed by atoms with E-state index < -0.39 is 0 Å². The number of rotatable bonds is 1. The Morgan fingerprint density at radius 3 is 3.00 bits per heavy atom. The van der Waals surface area contributed by atoms with Crippen molar-refractivity contribution in [2.45, 2.75) is 12.2 Å². The molecule has 15 heavy (non-hydrogen) atoms. The summed E-state index contributed by atoms with van der Waals surface area (Å²) in [5, 5.41) is 4.51. The van der Waals surface area contributed by atoms with Gasteiger partial charge in [-0.3, -0.25) is 4.84 Å². The van der Waals surface area contributed by atoms with E-state index in [1.165, 1.54) is 15.1 Å². The van der Waals surface area contributed by atoms with Gasteiger partial charge in [0.1, 0.15) is 5.00 Å². The van der Waals surface area contributed by atoms with E-state index in [1.807, 2.05) is 5.06 Å². The van der Waals surface area contributed by atoms with Gasteiger partial charge < -0.3 is 0 Å². The fourth-order valence-electron chi connectivity index (χ4n) is 1.79. The molecule has 0 amide bonds. The normalized spacial score (nSPS) is 21.4. The number of hydroxylamine groups is 1. The molecule has 0 aliphatic carbocycles. The lowest BCUT2D eigenvalue weighted by Crippen LogP contribution is -2.21. The predicted octanol–water partition coefficient (Wildman–Crippen LogP) is 3.24. The summed E-state index contributed by atoms with van der Waals surface area (Å²) in [7, 11) is 2.83. The Bertz CT molecular complexity index is 451. The van der Waals surface area contributed by atoms with Crippen molar-refractivity contribution >= 4 is 35.7 Å². The molecule has 0 saturated carbocycles. The van der Waals surface area contributed by atoms with E-state index in [4.69, 9.17) is 4.84 Å². The third kappa shape index (κ3) is 1.65. The molecule has 2 aromatic rings. The van der Waals surface area contributed by atoms with Gasteiger partial charge in [-0.1, -0.05) is 18.2 Å². The van der Waals surface area contributed by atoms with E-state index >= 15 is 0 Å². The minimum Gasteiger partial charge on any atom is -0.272 e. The number of fused-ring (bicyclic) bond motifs is 1. The van der Waals surface area contributed by atoms with Crippen LogP contribution >= 0.6 is 20.6 Å². The lowest BCUT2D eigenvalue weighted by molar-refractivity contribution is 0.167. The van der Waals surface area contributed by atoms with Crippen molar-refractivity contribution in [2.24, 2.45) is 0 Å². The molecule has 1 fully saturated rings. The molecule has 2 nitrogen and oxygen atoms in total. The zero-order valence-electron chi connectivity index (χ0n) is 8.22. The predicted molar refractivity (Wildman–Crippen MR) is 68.4 cm³/mol. The van der Waals surface area contributed by atoms with Crippen molar-refractivity contribution in [3.05, 3.63) is 30.3 Å². The van der Waals surface area contributed by atoms with Gasteiger partial charge in [0.15, 0.2) is 0 Å². The standard InChI is InChI=1S/C11H12NOPS/c14-10-5-6-13-12(10)11-7-8-3-1-2-4-9(8)15-11/h1-4,7,10H,5-6,14H2. The fourth-order valence-corrected chi connectivity index (χ4v) is 3.36. The second-order valence-corrected chi connectivity index (χ2v) is 5.47. The maximum absolute atomic E-state index is 5.60. The Hall–Kier alpha value is -0.630. The molecule has 3 rings (SSSR count). The average molecular weight is 237 g/mol. The molecule has 1 aliphatic rings. The summed E-state index contributed by atoms with van der Waals surface area (Å²) in [6.07, 6.45) is 1.08. The first-order valence-electron chi connectivity index (χ1n) is 5.01. The number of nitrogens with zero attached hydrogens (tertiary/aromatic N) is 1. The first-order chi connectivity index (χ1) is 7.34. The topological polar surface area (TPSA) is 12.5 Å². The summed E-state index contributed by atoms with van der Waals surface area (Å²) in [6, 6.07) is 10.6. The van der Waals surface area contributed by atoms with Crippen molar-refractivity contribution in [3.8, 4) is 0 Å². The third-order valence-corrected chi connectivity index (χ3v) is 4.28. The molecule has 4 heteroatoms. The van der Waals surface area contributed by atoms with Crippen molar-refractivity contribution < 1.29 is 4.84 Å². The summed E-state index contributed by atoms with van der Waals surface area (Å²) in [5.74, 6) is 0.415. The smallest absolute Gasteiger partial charge is 0.118 e. The molecule has 2 heterocycles. The van der Waals surface area contributed by atoms with E-state index in [2.05, 4.69) is 39.6 Å². The van der Waals surface area contributed by atoms with Crippen LogP contribution in [0, 0.1) is 0 Å². The van der Waals surface area contributed by atoms with Crippen LogP contribution in [0.5, 0.6) is 0 Å². The molecule has 0 bridgehead atoms. The molecule has 0 spiro atoms. The van der Waals surface area contributed by atoms with Crippen LogP contribution in [0.25, 0.3) is 10.1 Å². The highest BCUT2D eigenvalue weighted by molar-refractivity contribution is 7.23. The summed E-state index contributed by atoms with van der Waals surface area (Å²) < 4.78 is 1.32. The Balaban J connectivity index is 2.04. The first-order valence-corrected chi connectivity index (χ1v) is 6.49. The van der Waals surface area contributed by atoms with Crippen LogP contribution < -0.4 is 5.06 Å². The van der Waals surface area contributed by atoms with Crippen LogP contribution in [0.2, 0.25) is 0 Å². The van der Waals surface area contributed by atoms with Crippen molar-refractivity contribution in [1.82, 2.24) is 0 Å². The second-order valence-electron chi connectivity index (χ2n) is 3.64. The van der Waals surface area contributed by atoms with Crippen LogP contribution in [0.3, 0.4) is 0 Å². The Kier molecular flexibility index (Phi) is 2.39. The lowest BCUT2D eigenvalue weighted by Gasteiger charge is -2.18. The molecular weight excluding hydrogens is 225 g/mol. The summed E-state index contributed by atoms with van der Waals surface area (Å²) in [6.45, 7) is 0.822. The molecule has 1 aromatic carbocycles. The third-order valence-electron chi connectivity index (χ3n) is 2.57. The summed E-state index contributed by atoms with van der Waals surface area (Å²) in [5.41, 5.74) is 0. The molecular formula is C11H12NOPS. The molecule has 1 saturated heterocycles. The number of hydrogen-bond acceptors (Lipinski definition) is 3. The van der Waals surface area contributed by atoms with Gasteiger partial charge in [0.25, 0.3) is 0 Å². The van der Waals surface area contributed by atoms with E-state index in [-0.39, 0.29) is 0 Å². The van der Waals surface area contributed by atoms with Crippen LogP contribution in [0.15, 0.2) is 30.3 Å². The van der Waals surface area contributed by atoms with Gasteiger partial charge in [-0.2, -0.15) is 0 Å². The fraction of sp³-hybridized carbons (Fsp3) is 0.273. The van der Waals surface area contributed by atoms with Gasteiger partial charge in [-0.05, 0) is 23.9 Å². The zero-order valence-corrected chi connectivity index (χ0v) is 10.2. The van der Waals surface area contributed by atoms with Gasteiger partial charge in [0.05, 0.1) is 12.4 Å². The number of thiophene rings is 1. The number of benzene rings is 1. The minimum absolute atomic E-state index is 0.415. The Labute approximate surface area is 95.0 Å². The van der Waals surface area contributed by atoms with Crippen molar-refractivity contribution in [1.29, 1.82) is 0 Å². The largest absolute Gasteiger partial charge is 0.272 e. The quantitative estimate of drug-likeness (QED) is 0.706. The Morgan fingerprint density at radius 2 is 2.27 bits per heavy atom. The summed E-state index contributed by atoms with van der Waals surface area (Å²) >= 11 is 1.79. The molecule has 78 valence electrons. The van der Waals surface area contributed by atoms with Crippen LogP contribution in [-0.2, 0) is 4.84 Å².